The average Bonchev–Trinajstić information content (AvgIpc) is 2.17. The summed E-state index contributed by atoms with van der Waals surface area (Å²) in [7, 11) is 0. The molecular weight excluding hydrogens is 200 g/mol. The molecule has 16 heavy (non-hydrogen) atoms. The summed E-state index contributed by atoms with van der Waals surface area (Å²) in [5, 5.41) is 16.0. The molecule has 3 nitrogen and oxygen atoms in total. The predicted octanol–water partition coefficient (Wildman–Crippen LogP) is 2.64. The number of nitrogens with one attached hydrogen (secondary N) is 1. The van der Waals surface area contributed by atoms with Gasteiger partial charge in [0.25, 0.3) is 0 Å². The molecule has 0 radical (unpaired) electrons. The van der Waals surface area contributed by atoms with Crippen LogP contribution in [0.3, 0.4) is 0 Å². The van der Waals surface area contributed by atoms with Gasteiger partial charge >= 0.3 is 0 Å². The third kappa shape index (κ3) is 3.07. The Morgan fingerprint density at radius 2 is 1.81 bits per heavy atom. The lowest BCUT2D eigenvalue weighted by molar-refractivity contribution is 0.310. The summed E-state index contributed by atoms with van der Waals surface area (Å²) in [6, 6.07) is 10.0. The van der Waals surface area contributed by atoms with Gasteiger partial charge in [0.1, 0.15) is 5.71 Å². The molecule has 1 rings (SSSR count). The lowest BCUT2D eigenvalue weighted by Gasteiger charge is -2.29. The van der Waals surface area contributed by atoms with Crippen LogP contribution < -0.4 is 5.32 Å². The third-order valence-electron chi connectivity index (χ3n) is 2.39. The van der Waals surface area contributed by atoms with Crippen LogP contribution in [0, 0.1) is 0 Å². The maximum atomic E-state index is 9.18. The molecule has 0 amide bonds. The summed E-state index contributed by atoms with van der Waals surface area (Å²) < 4.78 is 0. The quantitative estimate of drug-likeness (QED) is 0.465. The molecule has 0 aliphatic rings. The van der Waals surface area contributed by atoms with E-state index in [9.17, 15) is 5.21 Å². The molecule has 0 aromatic heterocycles. The Kier molecular flexibility index (Phi) is 4.07. The van der Waals surface area contributed by atoms with Crippen LogP contribution in [0.15, 0.2) is 35.5 Å². The van der Waals surface area contributed by atoms with Gasteiger partial charge in [-0.05, 0) is 13.8 Å². The SMILES string of the molecule is CC(C)NC(C)(C)/C(=N\O)c1ccccc1. The first-order valence-corrected chi connectivity index (χ1v) is 5.53. The molecule has 0 fully saturated rings. The molecule has 0 saturated heterocycles. The van der Waals surface area contributed by atoms with Gasteiger partial charge in [0, 0.05) is 11.6 Å². The molecule has 0 aliphatic heterocycles. The van der Waals surface area contributed by atoms with Crippen molar-refractivity contribution in [3.8, 4) is 0 Å². The van der Waals surface area contributed by atoms with Crippen molar-refractivity contribution in [3.63, 3.8) is 0 Å². The van der Waals surface area contributed by atoms with Gasteiger partial charge in [-0.2, -0.15) is 0 Å². The minimum absolute atomic E-state index is 0.329. The largest absolute Gasteiger partial charge is 0.411 e. The van der Waals surface area contributed by atoms with Gasteiger partial charge in [-0.15, -0.1) is 0 Å². The normalized spacial score (nSPS) is 13.2. The molecule has 0 heterocycles. The highest BCUT2D eigenvalue weighted by molar-refractivity contribution is 6.06. The highest BCUT2D eigenvalue weighted by Crippen LogP contribution is 2.14. The molecule has 2 N–H and O–H groups in total. The van der Waals surface area contributed by atoms with Crippen LogP contribution in [0.25, 0.3) is 0 Å². The van der Waals surface area contributed by atoms with Crippen molar-refractivity contribution in [2.24, 2.45) is 5.16 Å². The van der Waals surface area contributed by atoms with Crippen molar-refractivity contribution in [1.82, 2.24) is 5.32 Å². The average molecular weight is 220 g/mol. The summed E-state index contributed by atoms with van der Waals surface area (Å²) in [4.78, 5) is 0. The fourth-order valence-electron chi connectivity index (χ4n) is 1.93. The molecule has 0 atom stereocenters. The van der Waals surface area contributed by atoms with Crippen LogP contribution in [0.5, 0.6) is 0 Å². The molecule has 0 aliphatic carbocycles. The van der Waals surface area contributed by atoms with Crippen LogP contribution in [0.2, 0.25) is 0 Å². The molecule has 3 heteroatoms. The number of hydrogen-bond acceptors (Lipinski definition) is 3. The van der Waals surface area contributed by atoms with Gasteiger partial charge in [0.05, 0.1) is 5.54 Å². The summed E-state index contributed by atoms with van der Waals surface area (Å²) in [5.74, 6) is 0. The fraction of sp³-hybridized carbons (Fsp3) is 0.462. The Labute approximate surface area is 97.2 Å². The molecular formula is C13H20N2O. The zero-order valence-corrected chi connectivity index (χ0v) is 10.4. The summed E-state index contributed by atoms with van der Waals surface area (Å²) in [6.45, 7) is 8.16. The first-order chi connectivity index (χ1) is 7.47. The second-order valence-corrected chi connectivity index (χ2v) is 4.74. The van der Waals surface area contributed by atoms with Gasteiger partial charge < -0.3 is 10.5 Å². The smallest absolute Gasteiger partial charge is 0.106 e. The number of nitrogens with zero attached hydrogens (tertiary/aromatic N) is 1. The van der Waals surface area contributed by atoms with Crippen LogP contribution in [0.4, 0.5) is 0 Å². The Bertz CT molecular complexity index is 355. The van der Waals surface area contributed by atoms with E-state index in [1.165, 1.54) is 0 Å². The standard InChI is InChI=1S/C13H20N2O/c1-10(2)14-13(3,4)12(15-16)11-8-6-5-7-9-11/h5-10,14,16H,1-4H3/b15-12-. The zero-order chi connectivity index (χ0) is 12.2. The zero-order valence-electron chi connectivity index (χ0n) is 10.4. The predicted molar refractivity (Wildman–Crippen MR) is 67.1 cm³/mol. The van der Waals surface area contributed by atoms with Gasteiger partial charge in [0.15, 0.2) is 0 Å². The van der Waals surface area contributed by atoms with E-state index < -0.39 is 0 Å². The lowest BCUT2D eigenvalue weighted by atomic mass is 9.91. The molecule has 1 aromatic carbocycles. The second-order valence-electron chi connectivity index (χ2n) is 4.74. The van der Waals surface area contributed by atoms with E-state index in [2.05, 4.69) is 24.3 Å². The van der Waals surface area contributed by atoms with E-state index in [4.69, 9.17) is 0 Å². The van der Waals surface area contributed by atoms with E-state index in [0.717, 1.165) is 5.56 Å². The van der Waals surface area contributed by atoms with Gasteiger partial charge in [-0.1, -0.05) is 49.3 Å². The van der Waals surface area contributed by atoms with E-state index >= 15 is 0 Å². The van der Waals surface area contributed by atoms with Crippen molar-refractivity contribution >= 4 is 5.71 Å². The number of hydrogen-bond donors (Lipinski definition) is 2. The minimum atomic E-state index is -0.357. The van der Waals surface area contributed by atoms with Crippen molar-refractivity contribution in [3.05, 3.63) is 35.9 Å². The topological polar surface area (TPSA) is 44.6 Å². The number of oxime groups is 1. The van der Waals surface area contributed by atoms with Crippen LogP contribution in [0.1, 0.15) is 33.3 Å². The summed E-state index contributed by atoms with van der Waals surface area (Å²) >= 11 is 0. The van der Waals surface area contributed by atoms with Gasteiger partial charge in [-0.3, -0.25) is 0 Å². The maximum Gasteiger partial charge on any atom is 0.106 e. The molecule has 0 saturated carbocycles. The lowest BCUT2D eigenvalue weighted by Crippen LogP contribution is -2.50. The van der Waals surface area contributed by atoms with E-state index in [0.29, 0.717) is 11.8 Å². The summed E-state index contributed by atoms with van der Waals surface area (Å²) in [5.41, 5.74) is 1.23. The molecule has 0 bridgehead atoms. The van der Waals surface area contributed by atoms with Crippen LogP contribution in [-0.4, -0.2) is 22.5 Å². The highest BCUT2D eigenvalue weighted by atomic mass is 16.4. The molecule has 0 spiro atoms. The Morgan fingerprint density at radius 3 is 2.25 bits per heavy atom. The molecule has 0 unspecified atom stereocenters. The van der Waals surface area contributed by atoms with E-state index in [1.54, 1.807) is 0 Å². The Morgan fingerprint density at radius 1 is 1.25 bits per heavy atom. The van der Waals surface area contributed by atoms with Crippen molar-refractivity contribution in [2.45, 2.75) is 39.3 Å². The maximum absolute atomic E-state index is 9.18. The third-order valence-corrected chi connectivity index (χ3v) is 2.39. The van der Waals surface area contributed by atoms with Gasteiger partial charge in [-0.25, -0.2) is 0 Å². The first kappa shape index (κ1) is 12.7. The molecule has 88 valence electrons. The Hall–Kier alpha value is -1.35. The van der Waals surface area contributed by atoms with Crippen LogP contribution >= 0.6 is 0 Å². The van der Waals surface area contributed by atoms with Gasteiger partial charge in [0.2, 0.25) is 0 Å². The first-order valence-electron chi connectivity index (χ1n) is 5.53. The van der Waals surface area contributed by atoms with Crippen molar-refractivity contribution < 1.29 is 5.21 Å². The van der Waals surface area contributed by atoms with Crippen molar-refractivity contribution in [1.29, 1.82) is 0 Å². The second kappa shape index (κ2) is 5.12. The number of rotatable bonds is 4. The monoisotopic (exact) mass is 220 g/mol. The fourth-order valence-corrected chi connectivity index (χ4v) is 1.93. The summed E-state index contributed by atoms with van der Waals surface area (Å²) in [6.07, 6.45) is 0. The van der Waals surface area contributed by atoms with E-state index in [1.807, 2.05) is 44.2 Å². The van der Waals surface area contributed by atoms with Crippen molar-refractivity contribution in [2.75, 3.05) is 0 Å². The van der Waals surface area contributed by atoms with E-state index in [-0.39, 0.29) is 5.54 Å². The number of benzene rings is 1. The minimum Gasteiger partial charge on any atom is -0.411 e. The highest BCUT2D eigenvalue weighted by Gasteiger charge is 2.27. The van der Waals surface area contributed by atoms with Crippen LogP contribution in [-0.2, 0) is 0 Å². The Balaban J connectivity index is 3.00. The molecule has 1 aromatic rings.